The third-order valence-electron chi connectivity index (χ3n) is 5.29. The van der Waals surface area contributed by atoms with Crippen molar-refractivity contribution in [2.45, 2.75) is 68.9 Å². The first-order valence-electron chi connectivity index (χ1n) is 9.71. The fourth-order valence-corrected chi connectivity index (χ4v) is 3.67. The second-order valence-electron chi connectivity index (χ2n) is 7.90. The molecule has 7 heteroatoms. The molecule has 3 rings (SSSR count). The Bertz CT molecular complexity index is 869. The third-order valence-corrected chi connectivity index (χ3v) is 6.37. The maximum absolute atomic E-state index is 12.7. The van der Waals surface area contributed by atoms with Crippen molar-refractivity contribution in [2.75, 3.05) is 0 Å². The van der Waals surface area contributed by atoms with Gasteiger partial charge in [-0.2, -0.15) is 5.26 Å². The molecular formula is C21H27N5OS. The van der Waals surface area contributed by atoms with Crippen molar-refractivity contribution < 1.29 is 4.79 Å². The number of thioether (sulfide) groups is 1. The molecule has 2 aromatic rings. The highest BCUT2D eigenvalue weighted by Gasteiger charge is 2.34. The average molecular weight is 398 g/mol. The molecule has 1 amide bonds. The fraction of sp³-hybridized carbons (Fsp3) is 0.524. The normalized spacial score (nSPS) is 17.0. The average Bonchev–Trinajstić information content (AvgIpc) is 3.45. The maximum Gasteiger partial charge on any atom is 0.234 e. The highest BCUT2D eigenvalue weighted by molar-refractivity contribution is 8.00. The topological polar surface area (TPSA) is 83.6 Å². The second-order valence-corrected chi connectivity index (χ2v) is 9.21. The summed E-state index contributed by atoms with van der Waals surface area (Å²) in [6.45, 7) is 8.16. The number of carbonyl (C=O) groups excluding carboxylic acids is 1. The number of nitrogens with zero attached hydrogens (tertiary/aromatic N) is 4. The van der Waals surface area contributed by atoms with E-state index >= 15 is 0 Å². The Morgan fingerprint density at radius 2 is 2.00 bits per heavy atom. The first-order valence-corrected chi connectivity index (χ1v) is 10.6. The minimum atomic E-state index is -0.886. The summed E-state index contributed by atoms with van der Waals surface area (Å²) in [7, 11) is 0. The molecule has 0 saturated heterocycles. The van der Waals surface area contributed by atoms with Crippen LogP contribution in [0.1, 0.15) is 57.8 Å². The SMILES string of the molecule is CC(C)[C@@](C)(C#N)NC(=O)[C@H](C)Sc1nnc(C2CC2)n1Cc1ccccc1. The second kappa shape index (κ2) is 8.36. The van der Waals surface area contributed by atoms with Crippen LogP contribution in [0.5, 0.6) is 0 Å². The Balaban J connectivity index is 1.76. The largest absolute Gasteiger partial charge is 0.337 e. The Labute approximate surface area is 170 Å². The molecule has 1 aliphatic carbocycles. The summed E-state index contributed by atoms with van der Waals surface area (Å²) < 4.78 is 2.13. The number of hydrogen-bond donors (Lipinski definition) is 1. The van der Waals surface area contributed by atoms with Gasteiger partial charge in [-0.25, -0.2) is 0 Å². The van der Waals surface area contributed by atoms with Gasteiger partial charge >= 0.3 is 0 Å². The summed E-state index contributed by atoms with van der Waals surface area (Å²) in [6.07, 6.45) is 2.28. The number of benzene rings is 1. The van der Waals surface area contributed by atoms with Gasteiger partial charge in [0.2, 0.25) is 5.91 Å². The fourth-order valence-electron chi connectivity index (χ4n) is 2.82. The minimum Gasteiger partial charge on any atom is -0.337 e. The van der Waals surface area contributed by atoms with E-state index in [9.17, 15) is 10.1 Å². The molecule has 1 aromatic carbocycles. The van der Waals surface area contributed by atoms with Gasteiger partial charge in [0.1, 0.15) is 11.4 Å². The Kier molecular flexibility index (Phi) is 6.09. The smallest absolute Gasteiger partial charge is 0.234 e. The van der Waals surface area contributed by atoms with Gasteiger partial charge in [-0.15, -0.1) is 10.2 Å². The van der Waals surface area contributed by atoms with E-state index < -0.39 is 5.54 Å². The third kappa shape index (κ3) is 4.56. The minimum absolute atomic E-state index is 0.0156. The van der Waals surface area contributed by atoms with Crippen LogP contribution in [0.2, 0.25) is 0 Å². The van der Waals surface area contributed by atoms with Crippen LogP contribution in [0.4, 0.5) is 0 Å². The molecule has 6 nitrogen and oxygen atoms in total. The quantitative estimate of drug-likeness (QED) is 0.686. The molecule has 1 N–H and O–H groups in total. The van der Waals surface area contributed by atoms with Crippen molar-refractivity contribution in [3.8, 4) is 6.07 Å². The lowest BCUT2D eigenvalue weighted by Gasteiger charge is -2.28. The predicted molar refractivity (Wildman–Crippen MR) is 110 cm³/mol. The van der Waals surface area contributed by atoms with Crippen LogP contribution in [0.25, 0.3) is 0 Å². The molecule has 0 bridgehead atoms. The van der Waals surface area contributed by atoms with Gasteiger partial charge in [0.15, 0.2) is 5.16 Å². The molecule has 1 saturated carbocycles. The van der Waals surface area contributed by atoms with Crippen molar-refractivity contribution in [1.82, 2.24) is 20.1 Å². The van der Waals surface area contributed by atoms with Gasteiger partial charge in [-0.1, -0.05) is 55.9 Å². The van der Waals surface area contributed by atoms with Crippen LogP contribution in [0.15, 0.2) is 35.5 Å². The molecule has 148 valence electrons. The highest BCUT2D eigenvalue weighted by Crippen LogP contribution is 2.40. The number of rotatable bonds is 8. The lowest BCUT2D eigenvalue weighted by molar-refractivity contribution is -0.121. The van der Waals surface area contributed by atoms with Gasteiger partial charge in [0, 0.05) is 5.92 Å². The molecule has 1 aromatic heterocycles. The molecule has 2 atom stereocenters. The van der Waals surface area contributed by atoms with Crippen molar-refractivity contribution >= 4 is 17.7 Å². The van der Waals surface area contributed by atoms with Crippen molar-refractivity contribution in [3.05, 3.63) is 41.7 Å². The first-order chi connectivity index (χ1) is 13.3. The van der Waals surface area contributed by atoms with Crippen LogP contribution >= 0.6 is 11.8 Å². The van der Waals surface area contributed by atoms with Crippen LogP contribution in [0, 0.1) is 17.2 Å². The van der Waals surface area contributed by atoms with Crippen LogP contribution in [-0.4, -0.2) is 31.5 Å². The van der Waals surface area contributed by atoms with E-state index in [2.05, 4.69) is 38.3 Å². The summed E-state index contributed by atoms with van der Waals surface area (Å²) in [5, 5.41) is 21.5. The number of carbonyl (C=O) groups is 1. The number of hydrogen-bond acceptors (Lipinski definition) is 5. The van der Waals surface area contributed by atoms with Gasteiger partial charge in [-0.05, 0) is 38.2 Å². The summed E-state index contributed by atoms with van der Waals surface area (Å²) >= 11 is 1.39. The monoisotopic (exact) mass is 397 g/mol. The number of amides is 1. The molecule has 28 heavy (non-hydrogen) atoms. The van der Waals surface area contributed by atoms with E-state index in [0.717, 1.165) is 23.8 Å². The zero-order valence-electron chi connectivity index (χ0n) is 16.8. The Morgan fingerprint density at radius 3 is 2.57 bits per heavy atom. The summed E-state index contributed by atoms with van der Waals surface area (Å²) in [4.78, 5) is 12.7. The van der Waals surface area contributed by atoms with Gasteiger partial charge in [-0.3, -0.25) is 4.79 Å². The number of aromatic nitrogens is 3. The molecule has 1 aliphatic rings. The van der Waals surface area contributed by atoms with Crippen molar-refractivity contribution in [2.24, 2.45) is 5.92 Å². The van der Waals surface area contributed by atoms with Gasteiger partial charge < -0.3 is 9.88 Å². The predicted octanol–water partition coefficient (Wildman–Crippen LogP) is 3.74. The lowest BCUT2D eigenvalue weighted by Crippen LogP contribution is -2.51. The van der Waals surface area contributed by atoms with Crippen molar-refractivity contribution in [3.63, 3.8) is 0 Å². The lowest BCUT2D eigenvalue weighted by atomic mass is 9.90. The molecule has 0 spiro atoms. The molecule has 0 unspecified atom stereocenters. The van der Waals surface area contributed by atoms with Gasteiger partial charge in [0.25, 0.3) is 0 Å². The van der Waals surface area contributed by atoms with E-state index in [1.807, 2.05) is 39.0 Å². The van der Waals surface area contributed by atoms with Crippen molar-refractivity contribution in [1.29, 1.82) is 5.26 Å². The van der Waals surface area contributed by atoms with Crippen LogP contribution in [0.3, 0.4) is 0 Å². The summed E-state index contributed by atoms with van der Waals surface area (Å²) in [6, 6.07) is 12.4. The molecule has 0 radical (unpaired) electrons. The van der Waals surface area contributed by atoms with Crippen LogP contribution < -0.4 is 5.32 Å². The molecule has 0 aliphatic heterocycles. The Hall–Kier alpha value is -2.33. The van der Waals surface area contributed by atoms with E-state index in [1.54, 1.807) is 6.92 Å². The zero-order valence-corrected chi connectivity index (χ0v) is 17.7. The van der Waals surface area contributed by atoms with E-state index in [0.29, 0.717) is 12.5 Å². The number of nitriles is 1. The van der Waals surface area contributed by atoms with E-state index in [-0.39, 0.29) is 17.1 Å². The highest BCUT2D eigenvalue weighted by atomic mass is 32.2. The standard InChI is InChI=1S/C21H27N5OS/c1-14(2)21(4,13-22)23-19(27)15(3)28-20-25-24-18(17-10-11-17)26(20)12-16-8-6-5-7-9-16/h5-9,14-15,17H,10-12H2,1-4H3,(H,23,27)/t15-,21+/m0/s1. The van der Waals surface area contributed by atoms with Crippen LogP contribution in [-0.2, 0) is 11.3 Å². The summed E-state index contributed by atoms with van der Waals surface area (Å²) in [5.74, 6) is 1.33. The Morgan fingerprint density at radius 1 is 1.32 bits per heavy atom. The zero-order chi connectivity index (χ0) is 20.3. The first kappa shape index (κ1) is 20.4. The molecule has 1 fully saturated rings. The number of nitrogens with one attached hydrogen (secondary N) is 1. The van der Waals surface area contributed by atoms with E-state index in [1.165, 1.54) is 17.3 Å². The van der Waals surface area contributed by atoms with Gasteiger partial charge in [0.05, 0.1) is 17.9 Å². The molecular weight excluding hydrogens is 370 g/mol. The molecule has 1 heterocycles. The van der Waals surface area contributed by atoms with E-state index in [4.69, 9.17) is 0 Å². The summed E-state index contributed by atoms with van der Waals surface area (Å²) in [5.41, 5.74) is 0.294. The maximum atomic E-state index is 12.7.